The van der Waals surface area contributed by atoms with Gasteiger partial charge in [0.15, 0.2) is 0 Å². The quantitative estimate of drug-likeness (QED) is 0.613. The van der Waals surface area contributed by atoms with Crippen molar-refractivity contribution in [3.8, 4) is 11.3 Å². The summed E-state index contributed by atoms with van der Waals surface area (Å²) in [5.74, 6) is 0.364. The van der Waals surface area contributed by atoms with Crippen molar-refractivity contribution < 1.29 is 8.42 Å². The molecule has 0 aromatic carbocycles. The Bertz CT molecular complexity index is 1070. The summed E-state index contributed by atoms with van der Waals surface area (Å²) in [6.45, 7) is 5.91. The molecule has 1 aliphatic heterocycles. The highest BCUT2D eigenvalue weighted by atomic mass is 32.2. The maximum Gasteiger partial charge on any atom is 0.242 e. The molecule has 3 aromatic heterocycles. The molecule has 0 unspecified atom stereocenters. The molecule has 0 saturated carbocycles. The number of nitrogens with zero attached hydrogens (tertiary/aromatic N) is 2. The van der Waals surface area contributed by atoms with E-state index < -0.39 is 10.0 Å². The standard InChI is InChI=1S/C20H25N5O2S/c1-13(2)19-11-17-16(7-10-22-20(17)24-19)18-4-3-15(12-23-18)28(26,27)25-14-5-8-21-9-6-14/h3-4,7,10-14,21,25H,5-6,8-9H2,1-2H3,(H,22,24). The van der Waals surface area contributed by atoms with Gasteiger partial charge in [-0.25, -0.2) is 18.1 Å². The van der Waals surface area contributed by atoms with Crippen molar-refractivity contribution in [1.29, 1.82) is 0 Å². The lowest BCUT2D eigenvalue weighted by Gasteiger charge is -2.23. The summed E-state index contributed by atoms with van der Waals surface area (Å²) in [4.78, 5) is 12.4. The first-order chi connectivity index (χ1) is 13.4. The number of hydrogen-bond donors (Lipinski definition) is 3. The highest BCUT2D eigenvalue weighted by Crippen LogP contribution is 2.29. The van der Waals surface area contributed by atoms with Crippen molar-refractivity contribution in [2.24, 2.45) is 0 Å². The minimum atomic E-state index is -3.57. The molecule has 0 aliphatic carbocycles. The van der Waals surface area contributed by atoms with E-state index in [9.17, 15) is 8.42 Å². The van der Waals surface area contributed by atoms with Gasteiger partial charge in [0.1, 0.15) is 10.5 Å². The third-order valence-corrected chi connectivity index (χ3v) is 6.66. The zero-order chi connectivity index (χ0) is 19.7. The molecule has 28 heavy (non-hydrogen) atoms. The summed E-state index contributed by atoms with van der Waals surface area (Å²) >= 11 is 0. The summed E-state index contributed by atoms with van der Waals surface area (Å²) in [5.41, 5.74) is 3.58. The zero-order valence-corrected chi connectivity index (χ0v) is 16.9. The van der Waals surface area contributed by atoms with Crippen LogP contribution in [0.2, 0.25) is 0 Å². The molecule has 3 N–H and O–H groups in total. The normalized spacial score (nSPS) is 16.1. The predicted molar refractivity (Wildman–Crippen MR) is 110 cm³/mol. The molecule has 4 rings (SSSR count). The van der Waals surface area contributed by atoms with Crippen LogP contribution in [0, 0.1) is 0 Å². The third kappa shape index (κ3) is 3.80. The Kier molecular flexibility index (Phi) is 5.18. The maximum atomic E-state index is 12.7. The predicted octanol–water partition coefficient (Wildman–Crippen LogP) is 2.78. The van der Waals surface area contributed by atoms with Crippen LogP contribution in [0.25, 0.3) is 22.3 Å². The molecular weight excluding hydrogens is 374 g/mol. The van der Waals surface area contributed by atoms with Crippen LogP contribution in [0.15, 0.2) is 41.6 Å². The maximum absolute atomic E-state index is 12.7. The fourth-order valence-electron chi connectivity index (χ4n) is 3.51. The Morgan fingerprint density at radius 2 is 1.93 bits per heavy atom. The monoisotopic (exact) mass is 399 g/mol. The van der Waals surface area contributed by atoms with E-state index in [2.05, 4.69) is 44.9 Å². The summed E-state index contributed by atoms with van der Waals surface area (Å²) in [6.07, 6.45) is 4.76. The van der Waals surface area contributed by atoms with E-state index in [0.717, 1.165) is 53.9 Å². The second kappa shape index (κ2) is 7.62. The van der Waals surface area contributed by atoms with E-state index >= 15 is 0 Å². The van der Waals surface area contributed by atoms with Crippen LogP contribution in [-0.4, -0.2) is 42.5 Å². The van der Waals surface area contributed by atoms with Crippen molar-refractivity contribution in [3.05, 3.63) is 42.4 Å². The minimum absolute atomic E-state index is 0.0277. The lowest BCUT2D eigenvalue weighted by Crippen LogP contribution is -2.42. The Morgan fingerprint density at radius 3 is 2.61 bits per heavy atom. The number of rotatable bonds is 5. The molecule has 1 fully saturated rings. The number of H-pyrrole nitrogens is 1. The molecule has 4 heterocycles. The van der Waals surface area contributed by atoms with Gasteiger partial charge < -0.3 is 10.3 Å². The number of pyridine rings is 2. The molecule has 1 saturated heterocycles. The largest absolute Gasteiger partial charge is 0.343 e. The van der Waals surface area contributed by atoms with Crippen molar-refractivity contribution in [2.75, 3.05) is 13.1 Å². The van der Waals surface area contributed by atoms with Crippen molar-refractivity contribution in [1.82, 2.24) is 25.0 Å². The fourth-order valence-corrected chi connectivity index (χ4v) is 4.76. The summed E-state index contributed by atoms with van der Waals surface area (Å²) in [7, 11) is -3.57. The molecule has 0 spiro atoms. The topological polar surface area (TPSA) is 99.8 Å². The van der Waals surface area contributed by atoms with Gasteiger partial charge in [-0.1, -0.05) is 13.8 Å². The Balaban J connectivity index is 1.62. The van der Waals surface area contributed by atoms with Gasteiger partial charge in [0.2, 0.25) is 10.0 Å². The Morgan fingerprint density at radius 1 is 1.14 bits per heavy atom. The molecule has 3 aromatic rings. The van der Waals surface area contributed by atoms with Crippen LogP contribution in [0.5, 0.6) is 0 Å². The average Bonchev–Trinajstić information content (AvgIpc) is 3.13. The second-order valence-electron chi connectivity index (χ2n) is 7.52. The van der Waals surface area contributed by atoms with Gasteiger partial charge in [0.25, 0.3) is 0 Å². The number of aromatic amines is 1. The number of sulfonamides is 1. The van der Waals surface area contributed by atoms with Crippen LogP contribution in [0.1, 0.15) is 38.3 Å². The summed E-state index contributed by atoms with van der Waals surface area (Å²) < 4.78 is 28.1. The molecule has 148 valence electrons. The highest BCUT2D eigenvalue weighted by molar-refractivity contribution is 7.89. The third-order valence-electron chi connectivity index (χ3n) is 5.16. The van der Waals surface area contributed by atoms with E-state index in [0.29, 0.717) is 5.92 Å². The van der Waals surface area contributed by atoms with Crippen LogP contribution < -0.4 is 10.0 Å². The number of hydrogen-bond acceptors (Lipinski definition) is 5. The first-order valence-electron chi connectivity index (χ1n) is 9.61. The van der Waals surface area contributed by atoms with Crippen molar-refractivity contribution >= 4 is 21.1 Å². The Labute approximate surface area is 165 Å². The van der Waals surface area contributed by atoms with E-state index in [1.807, 2.05) is 6.07 Å². The number of nitrogens with one attached hydrogen (secondary N) is 3. The number of piperidine rings is 1. The second-order valence-corrected chi connectivity index (χ2v) is 9.24. The van der Waals surface area contributed by atoms with E-state index in [4.69, 9.17) is 0 Å². The zero-order valence-electron chi connectivity index (χ0n) is 16.1. The van der Waals surface area contributed by atoms with Crippen LogP contribution >= 0.6 is 0 Å². The average molecular weight is 400 g/mol. The minimum Gasteiger partial charge on any atom is -0.343 e. The fraction of sp³-hybridized carbons (Fsp3) is 0.400. The first kappa shape index (κ1) is 19.0. The lowest BCUT2D eigenvalue weighted by atomic mass is 10.1. The first-order valence-corrected chi connectivity index (χ1v) is 11.1. The van der Waals surface area contributed by atoms with E-state index in [1.54, 1.807) is 18.3 Å². The lowest BCUT2D eigenvalue weighted by molar-refractivity contribution is 0.427. The van der Waals surface area contributed by atoms with Gasteiger partial charge in [-0.05, 0) is 56.1 Å². The SMILES string of the molecule is CC(C)c1cc2c(-c3ccc(S(=O)(=O)NC4CCNCC4)cn3)ccnc2[nH]1. The van der Waals surface area contributed by atoms with Crippen molar-refractivity contribution in [2.45, 2.75) is 43.5 Å². The van der Waals surface area contributed by atoms with Gasteiger partial charge in [-0.2, -0.15) is 0 Å². The number of aromatic nitrogens is 3. The molecule has 0 atom stereocenters. The van der Waals surface area contributed by atoms with E-state index in [-0.39, 0.29) is 10.9 Å². The molecule has 0 amide bonds. The van der Waals surface area contributed by atoms with Crippen LogP contribution in [0.3, 0.4) is 0 Å². The Hall–Kier alpha value is -2.29. The van der Waals surface area contributed by atoms with Gasteiger partial charge in [0.05, 0.1) is 5.69 Å². The van der Waals surface area contributed by atoms with Crippen molar-refractivity contribution in [3.63, 3.8) is 0 Å². The van der Waals surface area contributed by atoms with Gasteiger partial charge in [-0.3, -0.25) is 4.98 Å². The van der Waals surface area contributed by atoms with Gasteiger partial charge in [0, 0.05) is 35.1 Å². The molecule has 0 radical (unpaired) electrons. The van der Waals surface area contributed by atoms with E-state index in [1.165, 1.54) is 6.20 Å². The molecule has 7 nitrogen and oxygen atoms in total. The van der Waals surface area contributed by atoms with Crippen LogP contribution in [-0.2, 0) is 10.0 Å². The summed E-state index contributed by atoms with van der Waals surface area (Å²) in [6, 6.07) is 7.35. The highest BCUT2D eigenvalue weighted by Gasteiger charge is 2.22. The smallest absolute Gasteiger partial charge is 0.242 e. The molecular formula is C20H25N5O2S. The summed E-state index contributed by atoms with van der Waals surface area (Å²) in [5, 5.41) is 4.22. The molecule has 0 bridgehead atoms. The van der Waals surface area contributed by atoms with Gasteiger partial charge in [-0.15, -0.1) is 0 Å². The van der Waals surface area contributed by atoms with Crippen LogP contribution in [0.4, 0.5) is 0 Å². The molecule has 1 aliphatic rings. The van der Waals surface area contributed by atoms with Gasteiger partial charge >= 0.3 is 0 Å². The molecule has 8 heteroatoms. The number of fused-ring (bicyclic) bond motifs is 1.